The predicted octanol–water partition coefficient (Wildman–Crippen LogP) is 1.78. The van der Waals surface area contributed by atoms with Crippen molar-refractivity contribution in [3.05, 3.63) is 0 Å². The lowest BCUT2D eigenvalue weighted by Gasteiger charge is -2.35. The minimum atomic E-state index is 0.457. The van der Waals surface area contributed by atoms with Gasteiger partial charge in [0.15, 0.2) is 0 Å². The van der Waals surface area contributed by atoms with Gasteiger partial charge in [0.2, 0.25) is 0 Å². The Kier molecular flexibility index (Phi) is 4.83. The average Bonchev–Trinajstić information content (AvgIpc) is 2.30. The summed E-state index contributed by atoms with van der Waals surface area (Å²) in [7, 11) is 0. The van der Waals surface area contributed by atoms with Crippen molar-refractivity contribution in [1.29, 1.82) is 0 Å². The minimum Gasteiger partial charge on any atom is -0.381 e. The van der Waals surface area contributed by atoms with Gasteiger partial charge in [-0.2, -0.15) is 0 Å². The van der Waals surface area contributed by atoms with Gasteiger partial charge in [0.1, 0.15) is 0 Å². The van der Waals surface area contributed by atoms with E-state index in [4.69, 9.17) is 4.74 Å². The van der Waals surface area contributed by atoms with Crippen LogP contribution in [-0.2, 0) is 4.74 Å². The van der Waals surface area contributed by atoms with Crippen LogP contribution in [0.15, 0.2) is 0 Å². The Morgan fingerprint density at radius 2 is 2.12 bits per heavy atom. The van der Waals surface area contributed by atoms with Gasteiger partial charge in [0.25, 0.3) is 0 Å². The maximum absolute atomic E-state index is 5.44. The largest absolute Gasteiger partial charge is 0.381 e. The molecule has 0 amide bonds. The lowest BCUT2D eigenvalue weighted by Crippen LogP contribution is -2.46. The Morgan fingerprint density at radius 1 is 1.35 bits per heavy atom. The van der Waals surface area contributed by atoms with Gasteiger partial charge in [0, 0.05) is 32.3 Å². The summed E-state index contributed by atoms with van der Waals surface area (Å²) in [5.74, 6) is 0.890. The molecule has 2 rings (SSSR count). The average molecular weight is 240 g/mol. The van der Waals surface area contributed by atoms with E-state index in [1.165, 1.54) is 32.2 Å². The molecule has 0 saturated carbocycles. The standard InChI is InChI=1S/C14H28N2O/c1-12-3-6-16-13(9-12)10-15-11-14(2)4-7-17-8-5-14/h12-13,15-16H,3-11H2,1-2H3. The number of nitrogens with one attached hydrogen (secondary N) is 2. The van der Waals surface area contributed by atoms with Crippen LogP contribution in [0.2, 0.25) is 0 Å². The van der Waals surface area contributed by atoms with Gasteiger partial charge < -0.3 is 15.4 Å². The van der Waals surface area contributed by atoms with Gasteiger partial charge in [-0.1, -0.05) is 13.8 Å². The second-order valence-corrected chi connectivity index (χ2v) is 6.33. The number of rotatable bonds is 4. The van der Waals surface area contributed by atoms with Crippen molar-refractivity contribution in [1.82, 2.24) is 10.6 Å². The highest BCUT2D eigenvalue weighted by atomic mass is 16.5. The predicted molar refractivity (Wildman–Crippen MR) is 71.2 cm³/mol. The SMILES string of the molecule is CC1CCNC(CNCC2(C)CCOCC2)C1. The normalized spacial score (nSPS) is 33.5. The first-order valence-electron chi connectivity index (χ1n) is 7.20. The lowest BCUT2D eigenvalue weighted by molar-refractivity contribution is 0.0238. The van der Waals surface area contributed by atoms with E-state index in [0.717, 1.165) is 32.2 Å². The van der Waals surface area contributed by atoms with E-state index >= 15 is 0 Å². The van der Waals surface area contributed by atoms with E-state index in [0.29, 0.717) is 11.5 Å². The summed E-state index contributed by atoms with van der Waals surface area (Å²) in [6.07, 6.45) is 5.07. The number of hydrogen-bond donors (Lipinski definition) is 2. The molecular weight excluding hydrogens is 212 g/mol. The van der Waals surface area contributed by atoms with E-state index in [1.807, 2.05) is 0 Å². The second kappa shape index (κ2) is 6.17. The zero-order valence-corrected chi connectivity index (χ0v) is 11.4. The molecule has 0 bridgehead atoms. The van der Waals surface area contributed by atoms with Gasteiger partial charge in [-0.25, -0.2) is 0 Å². The third-order valence-electron chi connectivity index (χ3n) is 4.40. The Labute approximate surface area is 106 Å². The minimum absolute atomic E-state index is 0.457. The van der Waals surface area contributed by atoms with Crippen LogP contribution in [0.4, 0.5) is 0 Å². The van der Waals surface area contributed by atoms with Crippen LogP contribution in [0.3, 0.4) is 0 Å². The highest BCUT2D eigenvalue weighted by Crippen LogP contribution is 2.28. The van der Waals surface area contributed by atoms with E-state index in [2.05, 4.69) is 24.5 Å². The van der Waals surface area contributed by atoms with Crippen LogP contribution in [0.1, 0.15) is 39.5 Å². The maximum atomic E-state index is 5.44. The molecule has 17 heavy (non-hydrogen) atoms. The summed E-state index contributed by atoms with van der Waals surface area (Å²) in [4.78, 5) is 0. The molecule has 2 unspecified atom stereocenters. The molecule has 2 N–H and O–H groups in total. The summed E-state index contributed by atoms with van der Waals surface area (Å²) < 4.78 is 5.44. The fraction of sp³-hybridized carbons (Fsp3) is 1.00. The number of ether oxygens (including phenoxy) is 1. The van der Waals surface area contributed by atoms with Gasteiger partial charge in [-0.05, 0) is 43.6 Å². The smallest absolute Gasteiger partial charge is 0.0471 e. The highest BCUT2D eigenvalue weighted by Gasteiger charge is 2.27. The van der Waals surface area contributed by atoms with Crippen LogP contribution in [0.25, 0.3) is 0 Å². The summed E-state index contributed by atoms with van der Waals surface area (Å²) in [5.41, 5.74) is 0.457. The third-order valence-corrected chi connectivity index (χ3v) is 4.40. The molecule has 0 aromatic rings. The van der Waals surface area contributed by atoms with E-state index in [1.54, 1.807) is 0 Å². The van der Waals surface area contributed by atoms with Crippen LogP contribution in [-0.4, -0.2) is 38.9 Å². The molecule has 2 aliphatic rings. The Balaban J connectivity index is 1.64. The molecule has 2 fully saturated rings. The maximum Gasteiger partial charge on any atom is 0.0471 e. The van der Waals surface area contributed by atoms with E-state index in [9.17, 15) is 0 Å². The van der Waals surface area contributed by atoms with Gasteiger partial charge >= 0.3 is 0 Å². The molecule has 2 atom stereocenters. The van der Waals surface area contributed by atoms with Crippen molar-refractivity contribution in [2.75, 3.05) is 32.8 Å². The zero-order chi connectivity index (χ0) is 12.1. The summed E-state index contributed by atoms with van der Waals surface area (Å²) >= 11 is 0. The molecule has 2 saturated heterocycles. The molecule has 0 radical (unpaired) electrons. The van der Waals surface area contributed by atoms with Gasteiger partial charge in [-0.15, -0.1) is 0 Å². The number of piperidine rings is 1. The third kappa shape index (κ3) is 4.23. The first-order chi connectivity index (χ1) is 8.18. The monoisotopic (exact) mass is 240 g/mol. The summed E-state index contributed by atoms with van der Waals surface area (Å²) in [6.45, 7) is 10.1. The van der Waals surface area contributed by atoms with Gasteiger partial charge in [0.05, 0.1) is 0 Å². The molecule has 3 heteroatoms. The summed E-state index contributed by atoms with van der Waals surface area (Å²) in [6, 6.07) is 0.683. The van der Waals surface area contributed by atoms with Crippen LogP contribution in [0.5, 0.6) is 0 Å². The molecule has 0 aromatic carbocycles. The van der Waals surface area contributed by atoms with Crippen molar-refractivity contribution < 1.29 is 4.74 Å². The van der Waals surface area contributed by atoms with Crippen molar-refractivity contribution in [2.45, 2.75) is 45.6 Å². The Morgan fingerprint density at radius 3 is 2.82 bits per heavy atom. The van der Waals surface area contributed by atoms with Crippen molar-refractivity contribution in [3.63, 3.8) is 0 Å². The zero-order valence-electron chi connectivity index (χ0n) is 11.4. The van der Waals surface area contributed by atoms with Crippen LogP contribution in [0, 0.1) is 11.3 Å². The molecule has 0 spiro atoms. The molecule has 0 aromatic heterocycles. The fourth-order valence-electron chi connectivity index (χ4n) is 2.97. The first kappa shape index (κ1) is 13.3. The van der Waals surface area contributed by atoms with Crippen LogP contribution < -0.4 is 10.6 Å². The molecule has 100 valence electrons. The lowest BCUT2D eigenvalue weighted by atomic mass is 9.82. The first-order valence-corrected chi connectivity index (χ1v) is 7.20. The van der Waals surface area contributed by atoms with E-state index < -0.39 is 0 Å². The molecular formula is C14H28N2O. The second-order valence-electron chi connectivity index (χ2n) is 6.33. The number of hydrogen-bond acceptors (Lipinski definition) is 3. The topological polar surface area (TPSA) is 33.3 Å². The Hall–Kier alpha value is -0.120. The van der Waals surface area contributed by atoms with Crippen molar-refractivity contribution in [3.8, 4) is 0 Å². The van der Waals surface area contributed by atoms with Gasteiger partial charge in [-0.3, -0.25) is 0 Å². The quantitative estimate of drug-likeness (QED) is 0.786. The highest BCUT2D eigenvalue weighted by molar-refractivity contribution is 4.82. The van der Waals surface area contributed by atoms with Crippen molar-refractivity contribution >= 4 is 0 Å². The van der Waals surface area contributed by atoms with E-state index in [-0.39, 0.29) is 0 Å². The fourth-order valence-corrected chi connectivity index (χ4v) is 2.97. The van der Waals surface area contributed by atoms with Crippen molar-refractivity contribution in [2.24, 2.45) is 11.3 Å². The molecule has 0 aliphatic carbocycles. The molecule has 3 nitrogen and oxygen atoms in total. The Bertz CT molecular complexity index is 226. The molecule has 2 aliphatic heterocycles. The van der Waals surface area contributed by atoms with Crippen LogP contribution >= 0.6 is 0 Å². The summed E-state index contributed by atoms with van der Waals surface area (Å²) in [5, 5.41) is 7.28. The molecule has 2 heterocycles.